The second-order valence-corrected chi connectivity index (χ2v) is 4.95. The molecule has 0 saturated heterocycles. The molecule has 1 aromatic rings. The number of benzene rings is 1. The van der Waals surface area contributed by atoms with Crippen LogP contribution in [0.15, 0.2) is 18.2 Å². The van der Waals surface area contributed by atoms with E-state index >= 15 is 0 Å². The van der Waals surface area contributed by atoms with Crippen LogP contribution in [0.5, 0.6) is 5.75 Å². The Hall–Kier alpha value is -1.51. The number of carbonyl (C=O) groups excluding carboxylic acids is 1. The van der Waals surface area contributed by atoms with Gasteiger partial charge in [0.2, 0.25) is 0 Å². The zero-order valence-electron chi connectivity index (χ0n) is 11.2. The van der Waals surface area contributed by atoms with E-state index < -0.39 is 0 Å². The highest BCUT2D eigenvalue weighted by Crippen LogP contribution is 2.45. The molecular formula is C15H20O3. The lowest BCUT2D eigenvalue weighted by molar-refractivity contribution is -0.141. The Bertz CT molecular complexity index is 435. The Kier molecular flexibility index (Phi) is 3.90. The molecule has 1 aromatic carbocycles. The normalized spacial score (nSPS) is 16.2. The van der Waals surface area contributed by atoms with Gasteiger partial charge in [0.1, 0.15) is 5.75 Å². The highest BCUT2D eigenvalue weighted by molar-refractivity contribution is 5.70. The first-order valence-corrected chi connectivity index (χ1v) is 6.37. The molecule has 3 heteroatoms. The van der Waals surface area contributed by atoms with Crippen LogP contribution in [-0.4, -0.2) is 20.2 Å². The minimum atomic E-state index is -0.125. The summed E-state index contributed by atoms with van der Waals surface area (Å²) >= 11 is 0. The molecule has 2 rings (SSSR count). The first-order chi connectivity index (χ1) is 8.65. The predicted molar refractivity (Wildman–Crippen MR) is 69.8 cm³/mol. The summed E-state index contributed by atoms with van der Waals surface area (Å²) in [6, 6.07) is 6.18. The molecular weight excluding hydrogens is 228 g/mol. The van der Waals surface area contributed by atoms with Crippen LogP contribution in [0.3, 0.4) is 0 Å². The van der Waals surface area contributed by atoms with Crippen molar-refractivity contribution in [3.05, 3.63) is 29.3 Å². The Morgan fingerprint density at radius 3 is 2.61 bits per heavy atom. The summed E-state index contributed by atoms with van der Waals surface area (Å²) < 4.78 is 10.1. The molecule has 1 unspecified atom stereocenters. The summed E-state index contributed by atoms with van der Waals surface area (Å²) in [4.78, 5) is 11.5. The summed E-state index contributed by atoms with van der Waals surface area (Å²) in [5.41, 5.74) is 2.34. The maximum Gasteiger partial charge on any atom is 0.306 e. The molecule has 0 radical (unpaired) electrons. The zero-order chi connectivity index (χ0) is 13.1. The van der Waals surface area contributed by atoms with E-state index in [9.17, 15) is 4.79 Å². The zero-order valence-corrected chi connectivity index (χ0v) is 11.2. The average molecular weight is 248 g/mol. The van der Waals surface area contributed by atoms with Gasteiger partial charge in [0, 0.05) is 0 Å². The fourth-order valence-corrected chi connectivity index (χ4v) is 2.45. The molecule has 0 N–H and O–H groups in total. The molecule has 3 nitrogen and oxygen atoms in total. The van der Waals surface area contributed by atoms with Gasteiger partial charge in [-0.05, 0) is 48.8 Å². The van der Waals surface area contributed by atoms with E-state index in [-0.39, 0.29) is 5.97 Å². The molecule has 0 aromatic heterocycles. The third kappa shape index (κ3) is 2.84. The van der Waals surface area contributed by atoms with Gasteiger partial charge in [-0.2, -0.15) is 0 Å². The monoisotopic (exact) mass is 248 g/mol. The second kappa shape index (κ2) is 5.42. The number of methoxy groups -OCH3 is 2. The van der Waals surface area contributed by atoms with E-state index in [1.54, 1.807) is 7.11 Å². The number of hydrogen-bond acceptors (Lipinski definition) is 3. The van der Waals surface area contributed by atoms with Crippen molar-refractivity contribution in [2.75, 3.05) is 14.2 Å². The molecule has 98 valence electrons. The van der Waals surface area contributed by atoms with Gasteiger partial charge >= 0.3 is 5.97 Å². The summed E-state index contributed by atoms with van der Waals surface area (Å²) in [5, 5.41) is 0. The number of hydrogen-bond donors (Lipinski definition) is 0. The van der Waals surface area contributed by atoms with Crippen LogP contribution in [-0.2, 0) is 9.53 Å². The Balaban J connectivity index is 2.20. The van der Waals surface area contributed by atoms with E-state index in [4.69, 9.17) is 9.47 Å². The third-order valence-corrected chi connectivity index (χ3v) is 3.65. The van der Waals surface area contributed by atoms with Crippen LogP contribution in [0.2, 0.25) is 0 Å². The quantitative estimate of drug-likeness (QED) is 0.751. The lowest BCUT2D eigenvalue weighted by Crippen LogP contribution is -2.10. The average Bonchev–Trinajstić information content (AvgIpc) is 3.19. The highest BCUT2D eigenvalue weighted by Gasteiger charge is 2.34. The molecule has 0 amide bonds. The van der Waals surface area contributed by atoms with Gasteiger partial charge in [-0.25, -0.2) is 0 Å². The van der Waals surface area contributed by atoms with Crippen LogP contribution in [0, 0.1) is 12.8 Å². The van der Waals surface area contributed by atoms with E-state index in [0.29, 0.717) is 18.3 Å². The van der Waals surface area contributed by atoms with Gasteiger partial charge in [0.15, 0.2) is 0 Å². The number of carbonyl (C=O) groups is 1. The van der Waals surface area contributed by atoms with E-state index in [1.807, 2.05) is 13.0 Å². The SMILES string of the molecule is COC(=O)CC(c1ccc(OC)c(C)c1)C1CC1. The van der Waals surface area contributed by atoms with Gasteiger partial charge in [-0.15, -0.1) is 0 Å². The summed E-state index contributed by atoms with van der Waals surface area (Å²) in [6.07, 6.45) is 2.91. The first kappa shape index (κ1) is 12.9. The van der Waals surface area contributed by atoms with Crippen LogP contribution in [0.25, 0.3) is 0 Å². The third-order valence-electron chi connectivity index (χ3n) is 3.65. The van der Waals surface area contributed by atoms with Crippen LogP contribution in [0.1, 0.15) is 36.3 Å². The highest BCUT2D eigenvalue weighted by atomic mass is 16.5. The number of esters is 1. The van der Waals surface area contributed by atoms with Crippen molar-refractivity contribution in [2.24, 2.45) is 5.92 Å². The van der Waals surface area contributed by atoms with Crippen molar-refractivity contribution in [1.29, 1.82) is 0 Å². The predicted octanol–water partition coefficient (Wildman–Crippen LogP) is 3.06. The maximum atomic E-state index is 11.5. The van der Waals surface area contributed by atoms with Crippen LogP contribution in [0.4, 0.5) is 0 Å². The number of ether oxygens (including phenoxy) is 2. The molecule has 0 aliphatic heterocycles. The van der Waals surface area contributed by atoms with Gasteiger partial charge in [-0.1, -0.05) is 12.1 Å². The van der Waals surface area contributed by atoms with Crippen LogP contribution < -0.4 is 4.74 Å². The minimum absolute atomic E-state index is 0.125. The van der Waals surface area contributed by atoms with Crippen molar-refractivity contribution in [3.8, 4) is 5.75 Å². The van der Waals surface area contributed by atoms with E-state index in [0.717, 1.165) is 11.3 Å². The molecule has 1 atom stereocenters. The van der Waals surface area contributed by atoms with Crippen molar-refractivity contribution < 1.29 is 14.3 Å². The van der Waals surface area contributed by atoms with Crippen LogP contribution >= 0.6 is 0 Å². The van der Waals surface area contributed by atoms with E-state index in [2.05, 4.69) is 12.1 Å². The summed E-state index contributed by atoms with van der Waals surface area (Å²) in [7, 11) is 3.13. The molecule has 0 bridgehead atoms. The molecule has 18 heavy (non-hydrogen) atoms. The topological polar surface area (TPSA) is 35.5 Å². The minimum Gasteiger partial charge on any atom is -0.496 e. The standard InChI is InChI=1S/C15H20O3/c1-10-8-12(6-7-14(10)17-2)13(11-4-5-11)9-15(16)18-3/h6-8,11,13H,4-5,9H2,1-3H3. The first-order valence-electron chi connectivity index (χ1n) is 6.37. The van der Waals surface area contributed by atoms with Crippen molar-refractivity contribution in [1.82, 2.24) is 0 Å². The van der Waals surface area contributed by atoms with Crippen molar-refractivity contribution >= 4 is 5.97 Å². The molecule has 0 heterocycles. The van der Waals surface area contributed by atoms with Gasteiger partial charge in [-0.3, -0.25) is 4.79 Å². The Labute approximate surface area is 108 Å². The maximum absolute atomic E-state index is 11.5. The lowest BCUT2D eigenvalue weighted by Gasteiger charge is -2.17. The molecule has 1 fully saturated rings. The smallest absolute Gasteiger partial charge is 0.306 e. The molecule has 1 saturated carbocycles. The Morgan fingerprint density at radius 1 is 1.39 bits per heavy atom. The number of rotatable bonds is 5. The molecule has 0 spiro atoms. The van der Waals surface area contributed by atoms with E-state index in [1.165, 1.54) is 25.5 Å². The fourth-order valence-electron chi connectivity index (χ4n) is 2.45. The van der Waals surface area contributed by atoms with Gasteiger partial charge < -0.3 is 9.47 Å². The lowest BCUT2D eigenvalue weighted by atomic mass is 9.90. The molecule has 1 aliphatic carbocycles. The summed E-state index contributed by atoms with van der Waals surface area (Å²) in [5.74, 6) is 1.70. The second-order valence-electron chi connectivity index (χ2n) is 4.95. The van der Waals surface area contributed by atoms with Gasteiger partial charge in [0.05, 0.1) is 20.6 Å². The van der Waals surface area contributed by atoms with Crippen molar-refractivity contribution in [3.63, 3.8) is 0 Å². The fraction of sp³-hybridized carbons (Fsp3) is 0.533. The largest absolute Gasteiger partial charge is 0.496 e. The van der Waals surface area contributed by atoms with Crippen molar-refractivity contribution in [2.45, 2.75) is 32.1 Å². The number of aryl methyl sites for hydroxylation is 1. The van der Waals surface area contributed by atoms with Gasteiger partial charge in [0.25, 0.3) is 0 Å². The Morgan fingerprint density at radius 2 is 2.11 bits per heavy atom. The molecule has 1 aliphatic rings. The summed E-state index contributed by atoms with van der Waals surface area (Å²) in [6.45, 7) is 2.03.